The van der Waals surface area contributed by atoms with Crippen LogP contribution in [0.15, 0.2) is 12.4 Å². The molecule has 2 saturated carbocycles. The van der Waals surface area contributed by atoms with Crippen molar-refractivity contribution in [3.8, 4) is 0 Å². The highest BCUT2D eigenvalue weighted by molar-refractivity contribution is 6.06. The van der Waals surface area contributed by atoms with Gasteiger partial charge in [-0.3, -0.25) is 14.4 Å². The molecule has 10 heteroatoms. The van der Waals surface area contributed by atoms with E-state index in [0.29, 0.717) is 62.0 Å². The first-order chi connectivity index (χ1) is 17.1. The SMILES string of the molecule is O=C(N[C@@H](C(=O)N1CCC[C@@H](C(=O)N2CCOCC2)C1)C1CC1)c1c[nH]c2ncc(C3CC3)nc12. The van der Waals surface area contributed by atoms with Crippen molar-refractivity contribution < 1.29 is 19.1 Å². The first-order valence-electron chi connectivity index (χ1n) is 12.9. The minimum atomic E-state index is -0.579. The summed E-state index contributed by atoms with van der Waals surface area (Å²) in [6, 6.07) is -0.579. The number of H-pyrrole nitrogens is 1. The predicted octanol–water partition coefficient (Wildman–Crippen LogP) is 1.44. The Morgan fingerprint density at radius 1 is 1.06 bits per heavy atom. The molecule has 10 nitrogen and oxygen atoms in total. The van der Waals surface area contributed by atoms with Crippen LogP contribution >= 0.6 is 0 Å². The lowest BCUT2D eigenvalue weighted by Crippen LogP contribution is -2.54. The Morgan fingerprint density at radius 2 is 1.86 bits per heavy atom. The molecule has 0 bridgehead atoms. The molecule has 2 aliphatic carbocycles. The fourth-order valence-corrected chi connectivity index (χ4v) is 5.30. The van der Waals surface area contributed by atoms with E-state index in [2.05, 4.69) is 15.3 Å². The van der Waals surface area contributed by atoms with Crippen LogP contribution in [0.5, 0.6) is 0 Å². The third-order valence-corrected chi connectivity index (χ3v) is 7.69. The van der Waals surface area contributed by atoms with Gasteiger partial charge in [0.1, 0.15) is 11.6 Å². The maximum atomic E-state index is 13.6. The maximum absolute atomic E-state index is 13.6. The van der Waals surface area contributed by atoms with Gasteiger partial charge in [-0.1, -0.05) is 0 Å². The third-order valence-electron chi connectivity index (χ3n) is 7.69. The standard InChI is InChI=1S/C25H32N6O4/c32-23(18-12-26-22-21(18)28-19(13-27-22)15-3-4-15)29-20(16-5-6-16)25(34)31-7-1-2-17(14-31)24(33)30-8-10-35-11-9-30/h12-13,15-17,20H,1-11,14H2,(H,26,27)(H,29,32)/t17-,20-/m1/s1. The van der Waals surface area contributed by atoms with E-state index in [4.69, 9.17) is 9.72 Å². The van der Waals surface area contributed by atoms with Crippen molar-refractivity contribution in [1.29, 1.82) is 0 Å². The Bertz CT molecular complexity index is 1130. The highest BCUT2D eigenvalue weighted by Gasteiger charge is 2.42. The number of nitrogens with zero attached hydrogens (tertiary/aromatic N) is 4. The lowest BCUT2D eigenvalue weighted by atomic mass is 9.95. The number of aromatic amines is 1. The number of hydrogen-bond donors (Lipinski definition) is 2. The van der Waals surface area contributed by atoms with Gasteiger partial charge >= 0.3 is 0 Å². The van der Waals surface area contributed by atoms with Crippen molar-refractivity contribution in [1.82, 2.24) is 30.1 Å². The monoisotopic (exact) mass is 480 g/mol. The van der Waals surface area contributed by atoms with Crippen molar-refractivity contribution in [2.24, 2.45) is 11.8 Å². The van der Waals surface area contributed by atoms with E-state index in [1.165, 1.54) is 0 Å². The second-order valence-corrected chi connectivity index (χ2v) is 10.3. The van der Waals surface area contributed by atoms with Crippen LogP contribution in [-0.2, 0) is 14.3 Å². The van der Waals surface area contributed by atoms with Gasteiger partial charge in [-0.05, 0) is 44.4 Å². The highest BCUT2D eigenvalue weighted by Crippen LogP contribution is 2.39. The van der Waals surface area contributed by atoms with Crippen LogP contribution in [0.3, 0.4) is 0 Å². The van der Waals surface area contributed by atoms with Crippen LogP contribution in [0.1, 0.15) is 60.5 Å². The first-order valence-corrected chi connectivity index (χ1v) is 12.9. The number of morpholine rings is 1. The number of hydrogen-bond acceptors (Lipinski definition) is 6. The molecule has 35 heavy (non-hydrogen) atoms. The number of nitrogens with one attached hydrogen (secondary N) is 2. The summed E-state index contributed by atoms with van der Waals surface area (Å²) < 4.78 is 5.37. The van der Waals surface area contributed by atoms with E-state index < -0.39 is 6.04 Å². The molecule has 2 N–H and O–H groups in total. The van der Waals surface area contributed by atoms with Crippen LogP contribution in [0.25, 0.3) is 11.2 Å². The Labute approximate surface area is 203 Å². The number of carbonyl (C=O) groups is 3. The zero-order chi connectivity index (χ0) is 23.9. The molecular weight excluding hydrogens is 448 g/mol. The largest absolute Gasteiger partial charge is 0.378 e. The van der Waals surface area contributed by atoms with Gasteiger partial charge in [0, 0.05) is 38.3 Å². The number of ether oxygens (including phenoxy) is 1. The van der Waals surface area contributed by atoms with E-state index in [9.17, 15) is 14.4 Å². The Kier molecular flexibility index (Phi) is 5.91. The number of amides is 3. The molecule has 2 atom stereocenters. The Balaban J connectivity index is 1.15. The number of piperidine rings is 1. The average Bonchev–Trinajstić information content (AvgIpc) is 3.84. The average molecular weight is 481 g/mol. The summed E-state index contributed by atoms with van der Waals surface area (Å²) >= 11 is 0. The number of carbonyl (C=O) groups excluding carboxylic acids is 3. The van der Waals surface area contributed by atoms with E-state index in [-0.39, 0.29) is 29.6 Å². The van der Waals surface area contributed by atoms with Gasteiger partial charge in [0.05, 0.1) is 36.6 Å². The Hall–Kier alpha value is -3.01. The van der Waals surface area contributed by atoms with Crippen LogP contribution < -0.4 is 5.32 Å². The summed E-state index contributed by atoms with van der Waals surface area (Å²) in [6.45, 7) is 3.39. The van der Waals surface area contributed by atoms with Crippen molar-refractivity contribution in [3.63, 3.8) is 0 Å². The fourth-order valence-electron chi connectivity index (χ4n) is 5.30. The molecule has 4 fully saturated rings. The summed E-state index contributed by atoms with van der Waals surface area (Å²) in [5, 5.41) is 3.01. The van der Waals surface area contributed by atoms with Gasteiger partial charge in [-0.25, -0.2) is 9.97 Å². The molecular formula is C25H32N6O4. The van der Waals surface area contributed by atoms with Crippen molar-refractivity contribution in [2.75, 3.05) is 39.4 Å². The summed E-state index contributed by atoms with van der Waals surface area (Å²) in [6.07, 6.45) is 9.03. The van der Waals surface area contributed by atoms with Gasteiger partial charge in [0.2, 0.25) is 11.8 Å². The molecule has 0 unspecified atom stereocenters. The molecule has 0 spiro atoms. The normalized spacial score (nSPS) is 23.8. The van der Waals surface area contributed by atoms with Gasteiger partial charge in [0.25, 0.3) is 5.91 Å². The van der Waals surface area contributed by atoms with Gasteiger partial charge in [-0.2, -0.15) is 0 Å². The van der Waals surface area contributed by atoms with Gasteiger partial charge in [0.15, 0.2) is 5.65 Å². The van der Waals surface area contributed by atoms with Crippen molar-refractivity contribution >= 4 is 28.9 Å². The number of fused-ring (bicyclic) bond motifs is 1. The van der Waals surface area contributed by atoms with Crippen LogP contribution in [-0.4, -0.2) is 87.9 Å². The van der Waals surface area contributed by atoms with Crippen LogP contribution in [0.2, 0.25) is 0 Å². The van der Waals surface area contributed by atoms with Crippen LogP contribution in [0.4, 0.5) is 0 Å². The molecule has 2 aromatic rings. The molecule has 4 heterocycles. The minimum absolute atomic E-state index is 0.0788. The summed E-state index contributed by atoms with van der Waals surface area (Å²) in [5.74, 6) is 0.116. The molecule has 6 rings (SSSR count). The maximum Gasteiger partial charge on any atom is 0.255 e. The Morgan fingerprint density at radius 3 is 2.60 bits per heavy atom. The molecule has 186 valence electrons. The van der Waals surface area contributed by atoms with Gasteiger partial charge < -0.3 is 24.8 Å². The topological polar surface area (TPSA) is 121 Å². The third kappa shape index (κ3) is 4.63. The molecule has 0 radical (unpaired) electrons. The van der Waals surface area contributed by atoms with Crippen molar-refractivity contribution in [3.05, 3.63) is 23.7 Å². The highest BCUT2D eigenvalue weighted by atomic mass is 16.5. The molecule has 4 aliphatic rings. The first kappa shape index (κ1) is 22.5. The molecule has 3 amide bonds. The smallest absolute Gasteiger partial charge is 0.255 e. The zero-order valence-electron chi connectivity index (χ0n) is 19.9. The predicted molar refractivity (Wildman–Crippen MR) is 127 cm³/mol. The molecule has 2 aromatic heterocycles. The number of likely N-dealkylation sites (tertiary alicyclic amines) is 1. The molecule has 2 aliphatic heterocycles. The zero-order valence-corrected chi connectivity index (χ0v) is 19.9. The summed E-state index contributed by atoms with van der Waals surface area (Å²) in [7, 11) is 0. The van der Waals surface area contributed by atoms with E-state index in [0.717, 1.165) is 44.2 Å². The van der Waals surface area contributed by atoms with Gasteiger partial charge in [-0.15, -0.1) is 0 Å². The molecule has 0 aromatic carbocycles. The van der Waals surface area contributed by atoms with Crippen molar-refractivity contribution in [2.45, 2.75) is 50.5 Å². The second kappa shape index (κ2) is 9.22. The molecule has 2 saturated heterocycles. The second-order valence-electron chi connectivity index (χ2n) is 10.3. The fraction of sp³-hybridized carbons (Fsp3) is 0.640. The minimum Gasteiger partial charge on any atom is -0.378 e. The quantitative estimate of drug-likeness (QED) is 0.646. The van der Waals surface area contributed by atoms with E-state index in [1.807, 2.05) is 4.90 Å². The number of aromatic nitrogens is 3. The lowest BCUT2D eigenvalue weighted by molar-refractivity contribution is -0.144. The van der Waals surface area contributed by atoms with E-state index >= 15 is 0 Å². The number of rotatable bonds is 6. The van der Waals surface area contributed by atoms with E-state index in [1.54, 1.807) is 17.3 Å². The van der Waals surface area contributed by atoms with Crippen LogP contribution in [0, 0.1) is 11.8 Å². The lowest BCUT2D eigenvalue weighted by Gasteiger charge is -2.37. The summed E-state index contributed by atoms with van der Waals surface area (Å²) in [4.78, 5) is 55.7. The summed E-state index contributed by atoms with van der Waals surface area (Å²) in [5.41, 5.74) is 2.48.